The van der Waals surface area contributed by atoms with Crippen molar-refractivity contribution < 1.29 is 33.0 Å². The summed E-state index contributed by atoms with van der Waals surface area (Å²) in [4.78, 5) is 38.4. The fourth-order valence-electron chi connectivity index (χ4n) is 4.93. The van der Waals surface area contributed by atoms with Gasteiger partial charge < -0.3 is 30.4 Å². The van der Waals surface area contributed by atoms with E-state index in [1.165, 1.54) is 19.1 Å². The number of aromatic nitrogens is 6. The third-order valence-electron chi connectivity index (χ3n) is 7.48. The number of hydrogen-bond acceptors (Lipinski definition) is 8. The number of hydrogen-bond donors (Lipinski definition) is 4. The molecule has 12 nitrogen and oxygen atoms in total. The van der Waals surface area contributed by atoms with Gasteiger partial charge in [0.25, 0.3) is 0 Å². The normalized spacial score (nSPS) is 11.0. The fourth-order valence-corrected chi connectivity index (χ4v) is 5.70. The lowest BCUT2D eigenvalue weighted by Crippen LogP contribution is -2.06. The first kappa shape index (κ1) is 38.8. The Bertz CT molecular complexity index is 2270. The molecule has 17 heteroatoms. The minimum atomic E-state index is -1.11. The topological polar surface area (TPSA) is 174 Å². The maximum absolute atomic E-state index is 14.3. The fraction of sp³-hybridized carbons (Fsp3) is 0.235. The number of rotatable bonds is 6. The molecule has 0 unspecified atom stereocenters. The Morgan fingerprint density at radius 2 is 1.22 bits per heavy atom. The van der Waals surface area contributed by atoms with Crippen molar-refractivity contribution in [2.45, 2.75) is 53.6 Å². The third-order valence-corrected chi connectivity index (χ3v) is 8.30. The molecule has 0 atom stereocenters. The second-order valence-electron chi connectivity index (χ2n) is 11.8. The van der Waals surface area contributed by atoms with Crippen molar-refractivity contribution in [2.24, 2.45) is 0 Å². The Morgan fingerprint density at radius 1 is 0.745 bits per heavy atom. The zero-order chi connectivity index (χ0) is 37.9. The summed E-state index contributed by atoms with van der Waals surface area (Å²) in [6.07, 6.45) is 3.33. The van der Waals surface area contributed by atoms with Gasteiger partial charge in [-0.15, -0.1) is 0 Å². The van der Waals surface area contributed by atoms with Crippen LogP contribution in [0.4, 0.5) is 30.4 Å². The summed E-state index contributed by atoms with van der Waals surface area (Å²) in [6.45, 7) is 11.0. The highest BCUT2D eigenvalue weighted by Crippen LogP contribution is 2.31. The largest absolute Gasteiger partial charge is 0.478 e. The highest BCUT2D eigenvalue weighted by Gasteiger charge is 2.18. The quantitative estimate of drug-likeness (QED) is 0.0937. The summed E-state index contributed by atoms with van der Waals surface area (Å²) < 4.78 is 45.3. The molecular formula is C34H33Br2F3N8O4. The molecule has 0 bridgehead atoms. The van der Waals surface area contributed by atoms with Crippen molar-refractivity contribution >= 4 is 83.1 Å². The van der Waals surface area contributed by atoms with Gasteiger partial charge in [0.1, 0.15) is 31.9 Å². The standard InChI is InChI=1S/C17H16BrFN4O2.C9H9BrFN3.C8H8FNO2/c1-8(2)23-7-20-13-6-14(18)22-16(15(13)23)21-12-5-10(17(24)25)9(3)4-11(12)19;1-5(2)14-4-12-6-3-7(10)13-9(11)8(6)14;1-4-2-6(9)7(10)3-5(4)8(11)12/h4-8H,1-3H3,(H,21,22)(H,24,25);3-5H,1-2H3;2-3H,10H2,1H3,(H,11,12). The van der Waals surface area contributed by atoms with E-state index in [-0.39, 0.29) is 34.6 Å². The zero-order valence-corrected chi connectivity index (χ0v) is 31.3. The molecular weight excluding hydrogens is 801 g/mol. The van der Waals surface area contributed by atoms with Gasteiger partial charge in [0.15, 0.2) is 5.82 Å². The first-order valence-corrected chi connectivity index (χ1v) is 16.8. The van der Waals surface area contributed by atoms with Crippen molar-refractivity contribution in [3.05, 3.63) is 98.1 Å². The van der Waals surface area contributed by atoms with Gasteiger partial charge in [-0.2, -0.15) is 4.39 Å². The SMILES string of the molecule is CC(C)n1cnc2cc(Br)nc(F)c21.Cc1cc(F)c(N)cc1C(=O)O.Cc1cc(F)c(Nc2nc(Br)cc3ncn(C(C)C)c23)cc1C(=O)O. The number of imidazole rings is 2. The van der Waals surface area contributed by atoms with E-state index in [1.807, 2.05) is 32.3 Å². The maximum atomic E-state index is 14.3. The van der Waals surface area contributed by atoms with Crippen molar-refractivity contribution in [3.63, 3.8) is 0 Å². The number of carboxylic acids is 2. The number of halogens is 5. The van der Waals surface area contributed by atoms with Crippen LogP contribution < -0.4 is 11.1 Å². The molecule has 4 heterocycles. The number of carboxylic acid groups (broad SMARTS) is 2. The van der Waals surface area contributed by atoms with Crippen LogP contribution in [0, 0.1) is 31.4 Å². The molecule has 51 heavy (non-hydrogen) atoms. The van der Waals surface area contributed by atoms with E-state index >= 15 is 0 Å². The predicted molar refractivity (Wildman–Crippen MR) is 195 cm³/mol. The Labute approximate surface area is 306 Å². The van der Waals surface area contributed by atoms with Gasteiger partial charge in [-0.05, 0) is 121 Å². The number of nitrogens with two attached hydrogens (primary N) is 1. The Kier molecular flexibility index (Phi) is 12.1. The molecule has 6 rings (SSSR count). The van der Waals surface area contributed by atoms with Crippen LogP contribution in [0.5, 0.6) is 0 Å². The number of benzene rings is 2. The molecule has 0 saturated carbocycles. The third kappa shape index (κ3) is 8.83. The number of nitrogens with one attached hydrogen (secondary N) is 1. The highest BCUT2D eigenvalue weighted by atomic mass is 79.9. The second kappa shape index (κ2) is 15.9. The molecule has 5 N–H and O–H groups in total. The number of nitrogens with zero attached hydrogens (tertiary/aromatic N) is 6. The Balaban J connectivity index is 0.000000189. The second-order valence-corrected chi connectivity index (χ2v) is 13.5. The van der Waals surface area contributed by atoms with E-state index < -0.39 is 29.5 Å². The smallest absolute Gasteiger partial charge is 0.336 e. The lowest BCUT2D eigenvalue weighted by atomic mass is 10.1. The minimum absolute atomic E-state index is 0.0347. The molecule has 0 saturated heterocycles. The van der Waals surface area contributed by atoms with Crippen LogP contribution in [0.2, 0.25) is 0 Å². The van der Waals surface area contributed by atoms with Gasteiger partial charge in [-0.3, -0.25) is 0 Å². The van der Waals surface area contributed by atoms with Gasteiger partial charge in [-0.25, -0.2) is 38.3 Å². The first-order valence-electron chi connectivity index (χ1n) is 15.2. The van der Waals surface area contributed by atoms with Crippen LogP contribution in [-0.2, 0) is 0 Å². The highest BCUT2D eigenvalue weighted by molar-refractivity contribution is 9.10. The monoisotopic (exact) mass is 832 g/mol. The van der Waals surface area contributed by atoms with Gasteiger partial charge in [0.05, 0.1) is 46.2 Å². The first-order chi connectivity index (χ1) is 23.9. The maximum Gasteiger partial charge on any atom is 0.336 e. The Morgan fingerprint density at radius 3 is 1.75 bits per heavy atom. The number of nitrogen functional groups attached to an aromatic ring is 1. The molecule has 0 radical (unpaired) electrons. The van der Waals surface area contributed by atoms with E-state index in [2.05, 4.69) is 57.1 Å². The Hall–Kier alpha value is -5.03. The molecule has 0 amide bonds. The van der Waals surface area contributed by atoms with E-state index in [1.54, 1.807) is 36.3 Å². The molecule has 2 aromatic carbocycles. The van der Waals surface area contributed by atoms with Gasteiger partial charge >= 0.3 is 11.9 Å². The van der Waals surface area contributed by atoms with Crippen molar-refractivity contribution in [1.82, 2.24) is 29.1 Å². The number of carbonyl (C=O) groups is 2. The summed E-state index contributed by atoms with van der Waals surface area (Å²) >= 11 is 6.45. The summed E-state index contributed by atoms with van der Waals surface area (Å²) in [6, 6.07) is 8.48. The number of pyridine rings is 2. The molecule has 0 fully saturated rings. The molecule has 268 valence electrons. The van der Waals surface area contributed by atoms with Crippen molar-refractivity contribution in [2.75, 3.05) is 11.1 Å². The molecule has 0 aliphatic heterocycles. The van der Waals surface area contributed by atoms with E-state index in [0.717, 1.165) is 17.6 Å². The molecule has 4 aromatic heterocycles. The summed E-state index contributed by atoms with van der Waals surface area (Å²) in [5.41, 5.74) is 8.39. The van der Waals surface area contributed by atoms with Gasteiger partial charge in [-0.1, -0.05) is 0 Å². The number of anilines is 3. The van der Waals surface area contributed by atoms with Crippen LogP contribution in [0.3, 0.4) is 0 Å². The number of aromatic carboxylic acids is 2. The zero-order valence-electron chi connectivity index (χ0n) is 28.1. The predicted octanol–water partition coefficient (Wildman–Crippen LogP) is 8.99. The van der Waals surface area contributed by atoms with Crippen LogP contribution in [0.25, 0.3) is 22.1 Å². The number of fused-ring (bicyclic) bond motifs is 2. The van der Waals surface area contributed by atoms with Crippen LogP contribution in [0.1, 0.15) is 71.6 Å². The van der Waals surface area contributed by atoms with E-state index in [0.29, 0.717) is 42.7 Å². The lowest BCUT2D eigenvalue weighted by Gasteiger charge is -2.14. The van der Waals surface area contributed by atoms with Gasteiger partial charge in [0, 0.05) is 12.1 Å². The van der Waals surface area contributed by atoms with Crippen LogP contribution >= 0.6 is 31.9 Å². The van der Waals surface area contributed by atoms with Crippen LogP contribution in [0.15, 0.2) is 58.3 Å². The average molecular weight is 834 g/mol. The minimum Gasteiger partial charge on any atom is -0.478 e. The van der Waals surface area contributed by atoms with Crippen molar-refractivity contribution in [1.29, 1.82) is 0 Å². The lowest BCUT2D eigenvalue weighted by molar-refractivity contribution is 0.0685. The average Bonchev–Trinajstić information content (AvgIpc) is 3.66. The molecule has 6 aromatic rings. The molecule has 0 aliphatic rings. The van der Waals surface area contributed by atoms with Crippen LogP contribution in [-0.4, -0.2) is 51.2 Å². The number of aryl methyl sites for hydroxylation is 2. The van der Waals surface area contributed by atoms with E-state index in [9.17, 15) is 27.9 Å². The summed E-state index contributed by atoms with van der Waals surface area (Å²) in [5, 5.41) is 20.8. The van der Waals surface area contributed by atoms with Crippen molar-refractivity contribution in [3.8, 4) is 0 Å². The molecule has 0 spiro atoms. The van der Waals surface area contributed by atoms with E-state index in [4.69, 9.17) is 10.8 Å². The molecule has 0 aliphatic carbocycles. The summed E-state index contributed by atoms with van der Waals surface area (Å²) in [7, 11) is 0. The van der Waals surface area contributed by atoms with Gasteiger partial charge in [0.2, 0.25) is 5.95 Å². The summed E-state index contributed by atoms with van der Waals surface area (Å²) in [5.74, 6) is -3.43.